The summed E-state index contributed by atoms with van der Waals surface area (Å²) >= 11 is 0. The Balaban J connectivity index is 2.90. The van der Waals surface area contributed by atoms with Crippen LogP contribution in [0.2, 0.25) is 0 Å². The van der Waals surface area contributed by atoms with E-state index in [1.807, 2.05) is 26.0 Å². The Labute approximate surface area is 62.1 Å². The normalized spacial score (nSPS) is 11.0. The summed E-state index contributed by atoms with van der Waals surface area (Å²) in [6.07, 6.45) is 6.85. The van der Waals surface area contributed by atoms with Crippen molar-refractivity contribution in [1.82, 2.24) is 0 Å². The van der Waals surface area contributed by atoms with E-state index in [1.54, 1.807) is 19.1 Å². The van der Waals surface area contributed by atoms with Crippen LogP contribution >= 0.6 is 0 Å². The van der Waals surface area contributed by atoms with E-state index in [9.17, 15) is 0 Å². The van der Waals surface area contributed by atoms with Crippen molar-refractivity contribution in [3.05, 3.63) is 31.3 Å². The van der Waals surface area contributed by atoms with Crippen LogP contribution in [-0.4, -0.2) is 6.61 Å². The van der Waals surface area contributed by atoms with Crippen LogP contribution in [0.3, 0.4) is 0 Å². The molecule has 57 valence electrons. The maximum absolute atomic E-state index is 4.93. The van der Waals surface area contributed by atoms with Crippen LogP contribution in [0, 0.1) is 6.61 Å². The average Bonchev–Trinajstić information content (AvgIpc) is 1.97. The lowest BCUT2D eigenvalue weighted by Gasteiger charge is -1.97. The molecule has 2 heteroatoms. The third-order valence-corrected chi connectivity index (χ3v) is 0.707. The highest BCUT2D eigenvalue weighted by atomic mass is 16.5. The van der Waals surface area contributed by atoms with Crippen LogP contribution in [0.15, 0.2) is 24.7 Å². The topological polar surface area (TPSA) is 18.5 Å². The summed E-state index contributed by atoms with van der Waals surface area (Å²) in [7, 11) is 0. The van der Waals surface area contributed by atoms with E-state index >= 15 is 0 Å². The molecule has 0 aliphatic carbocycles. The molecular weight excluding hydrogens is 128 g/mol. The summed E-state index contributed by atoms with van der Waals surface area (Å²) in [6, 6.07) is 0. The first-order chi connectivity index (χ1) is 4.91. The Bertz CT molecular complexity index is 91.8. The third-order valence-electron chi connectivity index (χ3n) is 0.707. The van der Waals surface area contributed by atoms with Gasteiger partial charge in [0.2, 0.25) is 0 Å². The minimum atomic E-state index is 0.481. The first-order valence-electron chi connectivity index (χ1n) is 3.23. The second kappa shape index (κ2) is 8.08. The first-order valence-corrected chi connectivity index (χ1v) is 3.23. The number of rotatable bonds is 5. The summed E-state index contributed by atoms with van der Waals surface area (Å²) in [6.45, 7) is 5.85. The minimum Gasteiger partial charge on any atom is -0.498 e. The maximum Gasteiger partial charge on any atom is 0.171 e. The molecule has 0 saturated heterocycles. The molecule has 0 aromatic heterocycles. The van der Waals surface area contributed by atoms with E-state index in [0.717, 1.165) is 0 Å². The lowest BCUT2D eigenvalue weighted by Crippen LogP contribution is -1.88. The van der Waals surface area contributed by atoms with Gasteiger partial charge in [0.05, 0.1) is 12.5 Å². The Morgan fingerprint density at radius 2 is 1.80 bits per heavy atom. The molecule has 0 bridgehead atoms. The lowest BCUT2D eigenvalue weighted by atomic mass is 10.7. The fourth-order valence-corrected chi connectivity index (χ4v) is 0.364. The van der Waals surface area contributed by atoms with E-state index in [2.05, 4.69) is 0 Å². The van der Waals surface area contributed by atoms with Crippen LogP contribution in [0.4, 0.5) is 0 Å². The van der Waals surface area contributed by atoms with Crippen LogP contribution < -0.4 is 0 Å². The predicted octanol–water partition coefficient (Wildman–Crippen LogP) is 2.25. The number of hydrogen-bond donors (Lipinski definition) is 0. The van der Waals surface area contributed by atoms with Crippen molar-refractivity contribution >= 4 is 0 Å². The molecule has 0 saturated carbocycles. The fraction of sp³-hybridized carbons (Fsp3) is 0.375. The molecule has 0 aliphatic heterocycles. The van der Waals surface area contributed by atoms with E-state index in [4.69, 9.17) is 9.47 Å². The SMILES string of the molecule is CC=CO[CH]COC=CC. The summed E-state index contributed by atoms with van der Waals surface area (Å²) < 4.78 is 9.80. The van der Waals surface area contributed by atoms with Gasteiger partial charge < -0.3 is 9.47 Å². The van der Waals surface area contributed by atoms with Gasteiger partial charge in [0.15, 0.2) is 6.61 Å². The van der Waals surface area contributed by atoms with Gasteiger partial charge in [-0.1, -0.05) is 12.2 Å². The lowest BCUT2D eigenvalue weighted by molar-refractivity contribution is 0.201. The van der Waals surface area contributed by atoms with E-state index in [-0.39, 0.29) is 0 Å². The van der Waals surface area contributed by atoms with E-state index in [1.165, 1.54) is 0 Å². The van der Waals surface area contributed by atoms with Crippen molar-refractivity contribution in [2.45, 2.75) is 13.8 Å². The largest absolute Gasteiger partial charge is 0.498 e. The molecule has 0 unspecified atom stereocenters. The van der Waals surface area contributed by atoms with Crippen molar-refractivity contribution in [2.24, 2.45) is 0 Å². The molecule has 0 aromatic carbocycles. The molecule has 0 N–H and O–H groups in total. The number of allylic oxidation sites excluding steroid dienone is 2. The van der Waals surface area contributed by atoms with Gasteiger partial charge in [-0.2, -0.15) is 0 Å². The van der Waals surface area contributed by atoms with Crippen molar-refractivity contribution < 1.29 is 9.47 Å². The molecule has 0 heterocycles. The van der Waals surface area contributed by atoms with Gasteiger partial charge in [0, 0.05) is 0 Å². The number of ether oxygens (including phenoxy) is 2. The zero-order valence-corrected chi connectivity index (χ0v) is 6.41. The molecule has 0 spiro atoms. The standard InChI is InChI=1S/C8H13O2/c1-3-5-9-7-8-10-6-4-2/h3-7H,8H2,1-2H3. The van der Waals surface area contributed by atoms with Crippen LogP contribution in [-0.2, 0) is 9.47 Å². The van der Waals surface area contributed by atoms with Gasteiger partial charge in [0.25, 0.3) is 0 Å². The third kappa shape index (κ3) is 7.08. The monoisotopic (exact) mass is 141 g/mol. The van der Waals surface area contributed by atoms with Crippen molar-refractivity contribution in [3.63, 3.8) is 0 Å². The highest BCUT2D eigenvalue weighted by Crippen LogP contribution is 1.85. The molecule has 0 atom stereocenters. The molecule has 10 heavy (non-hydrogen) atoms. The molecule has 0 aromatic rings. The van der Waals surface area contributed by atoms with Crippen molar-refractivity contribution in [1.29, 1.82) is 0 Å². The Morgan fingerprint density at radius 1 is 1.10 bits per heavy atom. The molecule has 0 rings (SSSR count). The van der Waals surface area contributed by atoms with Gasteiger partial charge >= 0.3 is 0 Å². The van der Waals surface area contributed by atoms with Gasteiger partial charge in [0.1, 0.15) is 6.61 Å². The van der Waals surface area contributed by atoms with Crippen LogP contribution in [0.1, 0.15) is 13.8 Å². The van der Waals surface area contributed by atoms with Gasteiger partial charge in [-0.25, -0.2) is 0 Å². The van der Waals surface area contributed by atoms with Gasteiger partial charge in [-0.05, 0) is 13.8 Å². The molecular formula is C8H13O2. The van der Waals surface area contributed by atoms with Crippen LogP contribution in [0.5, 0.6) is 0 Å². The van der Waals surface area contributed by atoms with Crippen LogP contribution in [0.25, 0.3) is 0 Å². The zero-order valence-electron chi connectivity index (χ0n) is 6.41. The van der Waals surface area contributed by atoms with Gasteiger partial charge in [-0.3, -0.25) is 0 Å². The average molecular weight is 141 g/mol. The Morgan fingerprint density at radius 3 is 2.40 bits per heavy atom. The summed E-state index contributed by atoms with van der Waals surface area (Å²) in [5.74, 6) is 0. The minimum absolute atomic E-state index is 0.481. The van der Waals surface area contributed by atoms with E-state index < -0.39 is 0 Å². The molecule has 0 fully saturated rings. The molecule has 1 radical (unpaired) electrons. The second-order valence-corrected chi connectivity index (χ2v) is 1.57. The first kappa shape index (κ1) is 9.08. The molecule has 0 aliphatic rings. The fourth-order valence-electron chi connectivity index (χ4n) is 0.364. The van der Waals surface area contributed by atoms with E-state index in [0.29, 0.717) is 6.61 Å². The number of hydrogen-bond acceptors (Lipinski definition) is 2. The van der Waals surface area contributed by atoms with Gasteiger partial charge in [-0.15, -0.1) is 0 Å². The highest BCUT2D eigenvalue weighted by Gasteiger charge is 1.80. The predicted molar refractivity (Wildman–Crippen MR) is 41.0 cm³/mol. The summed E-state index contributed by atoms with van der Waals surface area (Å²) in [5, 5.41) is 0. The van der Waals surface area contributed by atoms with Crippen molar-refractivity contribution in [2.75, 3.05) is 6.61 Å². The quantitative estimate of drug-likeness (QED) is 0.432. The smallest absolute Gasteiger partial charge is 0.171 e. The molecule has 0 amide bonds. The molecule has 2 nitrogen and oxygen atoms in total. The zero-order chi connectivity index (χ0) is 7.66. The maximum atomic E-state index is 4.93. The summed E-state index contributed by atoms with van der Waals surface area (Å²) in [5.41, 5.74) is 0. The Hall–Kier alpha value is -0.920. The summed E-state index contributed by atoms with van der Waals surface area (Å²) in [4.78, 5) is 0. The highest BCUT2D eigenvalue weighted by molar-refractivity contribution is 4.69. The van der Waals surface area contributed by atoms with Crippen molar-refractivity contribution in [3.8, 4) is 0 Å². The second-order valence-electron chi connectivity index (χ2n) is 1.57. The Kier molecular flexibility index (Phi) is 7.34.